The monoisotopic (exact) mass is 318 g/mol. The molecule has 0 saturated heterocycles. The first kappa shape index (κ1) is 15.4. The molecule has 0 bridgehead atoms. The highest BCUT2D eigenvalue weighted by Gasteiger charge is 2.05. The number of hydrogen-bond acceptors (Lipinski definition) is 5. The second-order valence-electron chi connectivity index (χ2n) is 5.14. The Kier molecular flexibility index (Phi) is 4.29. The average molecular weight is 318 g/mol. The summed E-state index contributed by atoms with van der Waals surface area (Å²) < 4.78 is 0. The molecule has 3 aromatic carbocycles. The number of anilines is 1. The zero-order chi connectivity index (χ0) is 16.9. The predicted molar refractivity (Wildman–Crippen MR) is 93.6 cm³/mol. The van der Waals surface area contributed by atoms with E-state index in [0.29, 0.717) is 5.69 Å². The van der Waals surface area contributed by atoms with Gasteiger partial charge in [-0.25, -0.2) is 0 Å². The van der Waals surface area contributed by atoms with Crippen LogP contribution in [0.2, 0.25) is 0 Å². The van der Waals surface area contributed by atoms with Crippen LogP contribution in [-0.2, 0) is 0 Å². The minimum Gasteiger partial charge on any atom is -0.399 e. The number of nitro groups is 1. The van der Waals surface area contributed by atoms with E-state index in [-0.39, 0.29) is 5.69 Å². The number of nitrogens with two attached hydrogens (primary N) is 1. The van der Waals surface area contributed by atoms with Crippen LogP contribution in [-0.4, -0.2) is 4.92 Å². The second-order valence-corrected chi connectivity index (χ2v) is 5.14. The van der Waals surface area contributed by atoms with Gasteiger partial charge in [-0.3, -0.25) is 10.1 Å². The quantitative estimate of drug-likeness (QED) is 0.307. The third kappa shape index (κ3) is 3.61. The standard InChI is InChI=1S/C18H14N4O2/c19-15-5-9-17(10-6-15)21-20-16-7-1-13(2-8-16)14-3-11-18(12-4-14)22(23)24/h1-12H,19H2/b21-20+. The fraction of sp³-hybridized carbons (Fsp3) is 0. The third-order valence-electron chi connectivity index (χ3n) is 3.45. The normalized spacial score (nSPS) is 10.8. The van der Waals surface area contributed by atoms with Gasteiger partial charge in [0.25, 0.3) is 5.69 Å². The van der Waals surface area contributed by atoms with Gasteiger partial charge in [0.05, 0.1) is 16.3 Å². The Morgan fingerprint density at radius 2 is 1.12 bits per heavy atom. The molecule has 118 valence electrons. The van der Waals surface area contributed by atoms with E-state index in [1.165, 1.54) is 12.1 Å². The molecular formula is C18H14N4O2. The van der Waals surface area contributed by atoms with Gasteiger partial charge < -0.3 is 5.73 Å². The Morgan fingerprint density at radius 1 is 0.708 bits per heavy atom. The van der Waals surface area contributed by atoms with Gasteiger partial charge in [-0.1, -0.05) is 12.1 Å². The molecule has 0 heterocycles. The lowest BCUT2D eigenvalue weighted by Crippen LogP contribution is -1.86. The smallest absolute Gasteiger partial charge is 0.269 e. The van der Waals surface area contributed by atoms with Gasteiger partial charge in [-0.15, -0.1) is 0 Å². The van der Waals surface area contributed by atoms with Crippen molar-refractivity contribution in [2.45, 2.75) is 0 Å². The van der Waals surface area contributed by atoms with Crippen molar-refractivity contribution in [1.29, 1.82) is 0 Å². The molecule has 0 aliphatic carbocycles. The Labute approximate surface area is 138 Å². The van der Waals surface area contributed by atoms with E-state index in [1.54, 1.807) is 36.4 Å². The molecule has 0 radical (unpaired) electrons. The molecule has 0 aliphatic heterocycles. The van der Waals surface area contributed by atoms with Crippen LogP contribution >= 0.6 is 0 Å². The molecular weight excluding hydrogens is 304 g/mol. The molecule has 2 N–H and O–H groups in total. The predicted octanol–water partition coefficient (Wildman–Crippen LogP) is 5.26. The van der Waals surface area contributed by atoms with Gasteiger partial charge in [0, 0.05) is 17.8 Å². The minimum atomic E-state index is -0.412. The zero-order valence-electron chi connectivity index (χ0n) is 12.7. The van der Waals surface area contributed by atoms with Gasteiger partial charge in [-0.2, -0.15) is 10.2 Å². The lowest BCUT2D eigenvalue weighted by Gasteiger charge is -2.01. The van der Waals surface area contributed by atoms with Crippen molar-refractivity contribution >= 4 is 22.7 Å². The molecule has 0 unspecified atom stereocenters. The van der Waals surface area contributed by atoms with Crippen LogP contribution in [0.5, 0.6) is 0 Å². The molecule has 0 amide bonds. The molecule has 0 saturated carbocycles. The Morgan fingerprint density at radius 3 is 1.58 bits per heavy atom. The van der Waals surface area contributed by atoms with Crippen molar-refractivity contribution in [2.24, 2.45) is 10.2 Å². The summed E-state index contributed by atoms with van der Waals surface area (Å²) >= 11 is 0. The first-order valence-electron chi connectivity index (χ1n) is 7.24. The summed E-state index contributed by atoms with van der Waals surface area (Å²) in [5.74, 6) is 0. The fourth-order valence-corrected chi connectivity index (χ4v) is 2.15. The third-order valence-corrected chi connectivity index (χ3v) is 3.45. The van der Waals surface area contributed by atoms with Crippen LogP contribution in [0.1, 0.15) is 0 Å². The van der Waals surface area contributed by atoms with E-state index in [4.69, 9.17) is 5.73 Å². The van der Waals surface area contributed by atoms with Crippen molar-refractivity contribution < 1.29 is 4.92 Å². The summed E-state index contributed by atoms with van der Waals surface area (Å²) in [6.45, 7) is 0. The maximum absolute atomic E-state index is 10.7. The summed E-state index contributed by atoms with van der Waals surface area (Å²) in [5, 5.41) is 19.0. The molecule has 6 nitrogen and oxygen atoms in total. The number of rotatable bonds is 4. The van der Waals surface area contributed by atoms with Gasteiger partial charge in [0.2, 0.25) is 0 Å². The van der Waals surface area contributed by atoms with E-state index >= 15 is 0 Å². The lowest BCUT2D eigenvalue weighted by atomic mass is 10.1. The number of azo groups is 1. The highest BCUT2D eigenvalue weighted by Crippen LogP contribution is 2.25. The zero-order valence-corrected chi connectivity index (χ0v) is 12.7. The highest BCUT2D eigenvalue weighted by atomic mass is 16.6. The molecule has 0 aliphatic rings. The second kappa shape index (κ2) is 6.70. The minimum absolute atomic E-state index is 0.0765. The number of nitrogen functional groups attached to an aromatic ring is 1. The molecule has 0 fully saturated rings. The Hall–Kier alpha value is -3.54. The van der Waals surface area contributed by atoms with Crippen LogP contribution in [0.3, 0.4) is 0 Å². The summed E-state index contributed by atoms with van der Waals surface area (Å²) in [4.78, 5) is 10.3. The van der Waals surface area contributed by atoms with Crippen LogP contribution in [0.25, 0.3) is 11.1 Å². The average Bonchev–Trinajstić information content (AvgIpc) is 2.62. The van der Waals surface area contributed by atoms with E-state index in [1.807, 2.05) is 24.3 Å². The maximum Gasteiger partial charge on any atom is 0.269 e. The van der Waals surface area contributed by atoms with E-state index in [2.05, 4.69) is 10.2 Å². The summed E-state index contributed by atoms with van der Waals surface area (Å²) in [6.07, 6.45) is 0. The number of hydrogen-bond donors (Lipinski definition) is 1. The molecule has 3 aromatic rings. The van der Waals surface area contributed by atoms with E-state index in [9.17, 15) is 10.1 Å². The summed E-state index contributed by atoms with van der Waals surface area (Å²) in [7, 11) is 0. The number of nitrogens with zero attached hydrogens (tertiary/aromatic N) is 3. The van der Waals surface area contributed by atoms with Gasteiger partial charge in [0.1, 0.15) is 0 Å². The van der Waals surface area contributed by atoms with Crippen molar-refractivity contribution in [1.82, 2.24) is 0 Å². The highest BCUT2D eigenvalue weighted by molar-refractivity contribution is 5.66. The first-order chi connectivity index (χ1) is 11.6. The first-order valence-corrected chi connectivity index (χ1v) is 7.24. The Balaban J connectivity index is 1.75. The molecule has 0 aromatic heterocycles. The SMILES string of the molecule is Nc1ccc(/N=N/c2ccc(-c3ccc([N+](=O)[O-])cc3)cc2)cc1. The van der Waals surface area contributed by atoms with Crippen LogP contribution in [0, 0.1) is 10.1 Å². The lowest BCUT2D eigenvalue weighted by molar-refractivity contribution is -0.384. The van der Waals surface area contributed by atoms with Crippen molar-refractivity contribution in [3.63, 3.8) is 0 Å². The van der Waals surface area contributed by atoms with Crippen LogP contribution in [0.15, 0.2) is 83.0 Å². The fourth-order valence-electron chi connectivity index (χ4n) is 2.15. The largest absolute Gasteiger partial charge is 0.399 e. The summed E-state index contributed by atoms with van der Waals surface area (Å²) in [5.41, 5.74) is 9.69. The van der Waals surface area contributed by atoms with E-state index in [0.717, 1.165) is 22.5 Å². The number of non-ortho nitro benzene ring substituents is 1. The number of nitro benzene ring substituents is 1. The van der Waals surface area contributed by atoms with Crippen LogP contribution in [0.4, 0.5) is 22.7 Å². The molecule has 24 heavy (non-hydrogen) atoms. The van der Waals surface area contributed by atoms with Crippen molar-refractivity contribution in [3.05, 3.63) is 82.9 Å². The number of benzene rings is 3. The van der Waals surface area contributed by atoms with E-state index < -0.39 is 4.92 Å². The molecule has 0 spiro atoms. The van der Waals surface area contributed by atoms with Gasteiger partial charge in [-0.05, 0) is 59.7 Å². The summed E-state index contributed by atoms with van der Waals surface area (Å²) in [6, 6.07) is 21.1. The molecule has 3 rings (SSSR count). The van der Waals surface area contributed by atoms with Gasteiger partial charge >= 0.3 is 0 Å². The maximum atomic E-state index is 10.7. The van der Waals surface area contributed by atoms with Gasteiger partial charge in [0.15, 0.2) is 0 Å². The topological polar surface area (TPSA) is 93.9 Å². The van der Waals surface area contributed by atoms with Crippen molar-refractivity contribution in [3.8, 4) is 11.1 Å². The van der Waals surface area contributed by atoms with Crippen LogP contribution < -0.4 is 5.73 Å². The van der Waals surface area contributed by atoms with Crippen molar-refractivity contribution in [2.75, 3.05) is 5.73 Å². The molecule has 0 atom stereocenters. The Bertz CT molecular complexity index is 870. The molecule has 6 heteroatoms.